The van der Waals surface area contributed by atoms with Crippen molar-refractivity contribution in [3.8, 4) is 11.5 Å². The number of carbonyl (C=O) groups is 1. The number of ether oxygens (including phenoxy) is 3. The van der Waals surface area contributed by atoms with Crippen LogP contribution in [0.5, 0.6) is 11.5 Å². The molecular weight excluding hydrogens is 492 g/mol. The van der Waals surface area contributed by atoms with Crippen LogP contribution in [0.3, 0.4) is 0 Å². The second-order valence-electron chi connectivity index (χ2n) is 10.00. The maximum atomic E-state index is 15.1. The number of aliphatic imine (C=N–C) groups is 1. The van der Waals surface area contributed by atoms with Gasteiger partial charge >= 0.3 is 6.09 Å². The van der Waals surface area contributed by atoms with Crippen LogP contribution < -0.4 is 14.8 Å². The number of hydrogen-bond acceptors (Lipinski definition) is 6. The van der Waals surface area contributed by atoms with Crippen molar-refractivity contribution in [1.29, 1.82) is 0 Å². The van der Waals surface area contributed by atoms with E-state index in [2.05, 4.69) is 10.3 Å². The van der Waals surface area contributed by atoms with E-state index in [-0.39, 0.29) is 18.3 Å². The van der Waals surface area contributed by atoms with E-state index in [4.69, 9.17) is 14.2 Å². The Bertz CT molecular complexity index is 1130. The van der Waals surface area contributed by atoms with Crippen molar-refractivity contribution in [2.45, 2.75) is 53.2 Å². The van der Waals surface area contributed by atoms with E-state index in [0.717, 1.165) is 17.6 Å². The standard InChI is InChI=1S/C29H39F2N3O4/c1-20(17-32-15-8-16-34(6)28(35)38-29(3,4)5)18-33-21(2)24-13-14-25(30)27(26(24)31)37-19-22-9-11-23(36-7)12-10-22/h9-14,18,32H,8,15-17,19H2,1-7H3/b20-18+,33-21?. The van der Waals surface area contributed by atoms with Gasteiger partial charge in [-0.3, -0.25) is 4.99 Å². The van der Waals surface area contributed by atoms with Crippen molar-refractivity contribution >= 4 is 11.8 Å². The molecule has 0 unspecified atom stereocenters. The number of nitrogens with one attached hydrogen (secondary N) is 1. The first-order valence-electron chi connectivity index (χ1n) is 12.5. The summed E-state index contributed by atoms with van der Waals surface area (Å²) in [5.74, 6) is -1.32. The molecule has 0 heterocycles. The molecule has 2 aromatic carbocycles. The fraction of sp³-hybridized carbons (Fsp3) is 0.448. The molecule has 0 saturated heterocycles. The first-order chi connectivity index (χ1) is 17.9. The predicted molar refractivity (Wildman–Crippen MR) is 146 cm³/mol. The average Bonchev–Trinajstić information content (AvgIpc) is 2.86. The third-order valence-electron chi connectivity index (χ3n) is 5.42. The Hall–Kier alpha value is -3.46. The molecule has 0 saturated carbocycles. The third kappa shape index (κ3) is 10.1. The Kier molecular flexibility index (Phi) is 11.7. The number of benzene rings is 2. The lowest BCUT2D eigenvalue weighted by Crippen LogP contribution is -2.35. The third-order valence-corrected chi connectivity index (χ3v) is 5.42. The molecule has 0 atom stereocenters. The van der Waals surface area contributed by atoms with Crippen LogP contribution in [0.1, 0.15) is 52.2 Å². The summed E-state index contributed by atoms with van der Waals surface area (Å²) in [6, 6.07) is 9.58. The summed E-state index contributed by atoms with van der Waals surface area (Å²) < 4.78 is 45.3. The zero-order valence-electron chi connectivity index (χ0n) is 23.4. The molecule has 0 spiro atoms. The summed E-state index contributed by atoms with van der Waals surface area (Å²) in [6.45, 7) is 10.9. The van der Waals surface area contributed by atoms with Gasteiger partial charge in [0.05, 0.1) is 7.11 Å². The molecule has 208 valence electrons. The Balaban J connectivity index is 1.89. The monoisotopic (exact) mass is 531 g/mol. The quantitative estimate of drug-likeness (QED) is 0.264. The summed E-state index contributed by atoms with van der Waals surface area (Å²) >= 11 is 0. The van der Waals surface area contributed by atoms with Gasteiger partial charge in [-0.25, -0.2) is 13.6 Å². The lowest BCUT2D eigenvalue weighted by atomic mass is 10.1. The molecule has 0 aliphatic carbocycles. The Morgan fingerprint density at radius 1 is 1.11 bits per heavy atom. The smallest absolute Gasteiger partial charge is 0.410 e. The number of hydrogen-bond donors (Lipinski definition) is 1. The van der Waals surface area contributed by atoms with Gasteiger partial charge in [-0.2, -0.15) is 0 Å². The molecule has 0 aromatic heterocycles. The number of nitrogens with zero attached hydrogens (tertiary/aromatic N) is 2. The summed E-state index contributed by atoms with van der Waals surface area (Å²) in [5, 5.41) is 3.29. The van der Waals surface area contributed by atoms with E-state index in [0.29, 0.717) is 31.1 Å². The minimum atomic E-state index is -0.793. The van der Waals surface area contributed by atoms with Gasteiger partial charge < -0.3 is 24.4 Å². The molecule has 7 nitrogen and oxygen atoms in total. The van der Waals surface area contributed by atoms with Crippen molar-refractivity contribution in [3.05, 3.63) is 70.9 Å². The first kappa shape index (κ1) is 30.8. The van der Waals surface area contributed by atoms with Gasteiger partial charge in [0.15, 0.2) is 17.4 Å². The van der Waals surface area contributed by atoms with Gasteiger partial charge in [-0.05, 0) is 83.0 Å². The molecule has 1 N–H and O–H groups in total. The van der Waals surface area contributed by atoms with Crippen molar-refractivity contribution in [1.82, 2.24) is 10.2 Å². The summed E-state index contributed by atoms with van der Waals surface area (Å²) in [5.41, 5.74) is 1.73. The van der Waals surface area contributed by atoms with Gasteiger partial charge in [0, 0.05) is 37.6 Å². The van der Waals surface area contributed by atoms with Crippen LogP contribution in [0.2, 0.25) is 0 Å². The maximum Gasteiger partial charge on any atom is 0.410 e. The number of halogens is 2. The highest BCUT2D eigenvalue weighted by Crippen LogP contribution is 2.26. The largest absolute Gasteiger partial charge is 0.497 e. The topological polar surface area (TPSA) is 72.4 Å². The number of carbonyl (C=O) groups excluding carboxylic acids is 1. The van der Waals surface area contributed by atoms with Gasteiger partial charge in [-0.1, -0.05) is 12.1 Å². The number of amides is 1. The van der Waals surface area contributed by atoms with Gasteiger partial charge in [-0.15, -0.1) is 0 Å². The molecule has 0 bridgehead atoms. The molecule has 9 heteroatoms. The molecule has 38 heavy (non-hydrogen) atoms. The second-order valence-corrected chi connectivity index (χ2v) is 10.00. The van der Waals surface area contributed by atoms with E-state index >= 15 is 4.39 Å². The first-order valence-corrected chi connectivity index (χ1v) is 12.5. The van der Waals surface area contributed by atoms with Crippen molar-refractivity contribution in [2.75, 3.05) is 33.8 Å². The molecule has 0 fully saturated rings. The van der Waals surface area contributed by atoms with E-state index in [1.165, 1.54) is 12.1 Å². The lowest BCUT2D eigenvalue weighted by Gasteiger charge is -2.24. The fourth-order valence-electron chi connectivity index (χ4n) is 3.30. The van der Waals surface area contributed by atoms with Gasteiger partial charge in [0.25, 0.3) is 0 Å². The fourth-order valence-corrected chi connectivity index (χ4v) is 3.30. The van der Waals surface area contributed by atoms with Crippen molar-refractivity contribution in [2.24, 2.45) is 4.99 Å². The average molecular weight is 532 g/mol. The van der Waals surface area contributed by atoms with Gasteiger partial charge in [0.2, 0.25) is 0 Å². The predicted octanol–water partition coefficient (Wildman–Crippen LogP) is 6.11. The van der Waals surface area contributed by atoms with Crippen LogP contribution >= 0.6 is 0 Å². The van der Waals surface area contributed by atoms with Gasteiger partial charge in [0.1, 0.15) is 18.0 Å². The highest BCUT2D eigenvalue weighted by Gasteiger charge is 2.19. The molecule has 1 amide bonds. The van der Waals surface area contributed by atoms with E-state index in [1.807, 2.05) is 27.7 Å². The van der Waals surface area contributed by atoms with Crippen LogP contribution in [0.15, 0.2) is 53.2 Å². The highest BCUT2D eigenvalue weighted by molar-refractivity contribution is 5.99. The van der Waals surface area contributed by atoms with E-state index in [1.54, 1.807) is 56.4 Å². The number of methoxy groups -OCH3 is 1. The highest BCUT2D eigenvalue weighted by atomic mass is 19.1. The normalized spacial score (nSPS) is 12.3. The molecule has 0 aliphatic rings. The zero-order valence-corrected chi connectivity index (χ0v) is 23.4. The minimum absolute atomic E-state index is 0.00965. The summed E-state index contributed by atoms with van der Waals surface area (Å²) in [6.07, 6.45) is 2.06. The Morgan fingerprint density at radius 3 is 2.42 bits per heavy atom. The molecule has 0 radical (unpaired) electrons. The Morgan fingerprint density at radius 2 is 1.79 bits per heavy atom. The van der Waals surface area contributed by atoms with E-state index in [9.17, 15) is 9.18 Å². The van der Waals surface area contributed by atoms with Crippen LogP contribution in [-0.2, 0) is 11.3 Å². The summed E-state index contributed by atoms with van der Waals surface area (Å²) in [7, 11) is 3.27. The SMILES string of the molecule is COc1ccc(COc2c(F)ccc(C(C)=N/C=C(\C)CNCCCN(C)C(=O)OC(C)(C)C)c2F)cc1. The zero-order chi connectivity index (χ0) is 28.3. The lowest BCUT2D eigenvalue weighted by molar-refractivity contribution is 0.0297. The van der Waals surface area contributed by atoms with Crippen LogP contribution in [0.25, 0.3) is 0 Å². The minimum Gasteiger partial charge on any atom is -0.497 e. The maximum absolute atomic E-state index is 15.1. The van der Waals surface area contributed by atoms with Crippen LogP contribution in [0, 0.1) is 11.6 Å². The van der Waals surface area contributed by atoms with E-state index < -0.39 is 23.0 Å². The molecular formula is C29H39F2N3O4. The molecule has 2 rings (SSSR count). The summed E-state index contributed by atoms with van der Waals surface area (Å²) in [4.78, 5) is 17.9. The molecule has 0 aliphatic heterocycles. The Labute approximate surface area is 224 Å². The van der Waals surface area contributed by atoms with Crippen molar-refractivity contribution < 1.29 is 27.8 Å². The van der Waals surface area contributed by atoms with Crippen LogP contribution in [0.4, 0.5) is 13.6 Å². The number of rotatable bonds is 12. The van der Waals surface area contributed by atoms with Crippen LogP contribution in [-0.4, -0.2) is 56.1 Å². The second kappa shape index (κ2) is 14.5. The molecule has 2 aromatic rings. The van der Waals surface area contributed by atoms with Crippen molar-refractivity contribution in [3.63, 3.8) is 0 Å².